The van der Waals surface area contributed by atoms with E-state index in [1.807, 2.05) is 0 Å². The molecule has 0 aromatic heterocycles. The Morgan fingerprint density at radius 2 is 1.56 bits per heavy atom. The molecule has 0 nitrogen and oxygen atoms in total. The Morgan fingerprint density at radius 1 is 0.944 bits per heavy atom. The van der Waals surface area contributed by atoms with Gasteiger partial charge in [0.15, 0.2) is 0 Å². The van der Waals surface area contributed by atoms with E-state index in [2.05, 4.69) is 93.4 Å². The van der Waals surface area contributed by atoms with Crippen LogP contribution in [0.5, 0.6) is 0 Å². The van der Waals surface area contributed by atoms with E-state index in [1.165, 1.54) is 15.6 Å². The van der Waals surface area contributed by atoms with E-state index < -0.39 is 0 Å². The highest BCUT2D eigenvalue weighted by Crippen LogP contribution is 2.34. The van der Waals surface area contributed by atoms with Crippen LogP contribution in [0.4, 0.5) is 0 Å². The van der Waals surface area contributed by atoms with E-state index in [-0.39, 0.29) is 0 Å². The molecule has 18 heavy (non-hydrogen) atoms. The Morgan fingerprint density at radius 3 is 2.22 bits per heavy atom. The average Bonchev–Trinajstić information content (AvgIpc) is 2.41. The fourth-order valence-corrected chi connectivity index (χ4v) is 3.02. The van der Waals surface area contributed by atoms with Gasteiger partial charge in [-0.2, -0.15) is 0 Å². The van der Waals surface area contributed by atoms with Crippen molar-refractivity contribution in [1.29, 1.82) is 0 Å². The third kappa shape index (κ3) is 3.46. The minimum atomic E-state index is 0.394. The highest BCUT2D eigenvalue weighted by molar-refractivity contribution is 9.10. The first-order chi connectivity index (χ1) is 8.68. The van der Waals surface area contributed by atoms with Crippen LogP contribution in [-0.2, 0) is 6.42 Å². The molecular weight excluding hydrogens is 352 g/mol. The van der Waals surface area contributed by atoms with Crippen LogP contribution in [0.2, 0.25) is 0 Å². The minimum Gasteiger partial charge on any atom is -0.0836 e. The van der Waals surface area contributed by atoms with Gasteiger partial charge in [-0.3, -0.25) is 0 Å². The molecule has 0 aliphatic rings. The lowest BCUT2D eigenvalue weighted by molar-refractivity contribution is 0.571. The van der Waals surface area contributed by atoms with Crippen LogP contribution in [-0.4, -0.2) is 0 Å². The van der Waals surface area contributed by atoms with Gasteiger partial charge in [-0.1, -0.05) is 87.3 Å². The van der Waals surface area contributed by atoms with E-state index in [9.17, 15) is 0 Å². The van der Waals surface area contributed by atoms with E-state index >= 15 is 0 Å². The molecule has 2 aromatic carbocycles. The molecule has 94 valence electrons. The summed E-state index contributed by atoms with van der Waals surface area (Å²) in [7, 11) is 0. The van der Waals surface area contributed by atoms with Crippen molar-refractivity contribution in [2.24, 2.45) is 5.92 Å². The van der Waals surface area contributed by atoms with Crippen LogP contribution in [0.3, 0.4) is 0 Å². The van der Waals surface area contributed by atoms with Gasteiger partial charge in [0, 0.05) is 9.30 Å². The van der Waals surface area contributed by atoms with Gasteiger partial charge in [-0.15, -0.1) is 0 Å². The Hall–Kier alpha value is -0.600. The molecule has 0 aliphatic carbocycles. The predicted octanol–water partition coefficient (Wildman–Crippen LogP) is 5.76. The molecule has 2 unspecified atom stereocenters. The maximum Gasteiger partial charge on any atom is 0.0424 e. The quantitative estimate of drug-likeness (QED) is 0.602. The Labute approximate surface area is 126 Å². The summed E-state index contributed by atoms with van der Waals surface area (Å²) < 4.78 is 1.20. The van der Waals surface area contributed by atoms with Crippen molar-refractivity contribution in [3.8, 4) is 0 Å². The third-order valence-electron chi connectivity index (χ3n) is 3.12. The van der Waals surface area contributed by atoms with Gasteiger partial charge >= 0.3 is 0 Å². The standard InChI is InChI=1S/C16H16Br2/c1-12(11-14-9-5-6-10-15(14)17)16(18)13-7-3-2-4-8-13/h2-10,12,16H,11H2,1H3. The second kappa shape index (κ2) is 6.53. The molecule has 0 heterocycles. The van der Waals surface area contributed by atoms with Gasteiger partial charge in [0.05, 0.1) is 0 Å². The molecule has 0 fully saturated rings. The first-order valence-corrected chi connectivity index (χ1v) is 7.82. The normalized spacial score (nSPS) is 14.2. The van der Waals surface area contributed by atoms with Crippen molar-refractivity contribution in [3.63, 3.8) is 0 Å². The summed E-state index contributed by atoms with van der Waals surface area (Å²) in [5.41, 5.74) is 2.71. The molecule has 2 atom stereocenters. The molecule has 2 heteroatoms. The average molecular weight is 368 g/mol. The SMILES string of the molecule is CC(Cc1ccccc1Br)C(Br)c1ccccc1. The van der Waals surface area contributed by atoms with Crippen molar-refractivity contribution < 1.29 is 0 Å². The van der Waals surface area contributed by atoms with Crippen LogP contribution in [0.15, 0.2) is 59.1 Å². The second-order valence-electron chi connectivity index (χ2n) is 4.59. The number of hydrogen-bond acceptors (Lipinski definition) is 0. The van der Waals surface area contributed by atoms with Gasteiger partial charge in [0.2, 0.25) is 0 Å². The second-order valence-corrected chi connectivity index (χ2v) is 6.43. The molecule has 0 aliphatic heterocycles. The molecule has 0 bridgehead atoms. The molecule has 0 saturated carbocycles. The summed E-state index contributed by atoms with van der Waals surface area (Å²) in [5, 5.41) is 0. The van der Waals surface area contributed by atoms with Gasteiger partial charge in [0.25, 0.3) is 0 Å². The minimum absolute atomic E-state index is 0.394. The molecule has 2 aromatic rings. The van der Waals surface area contributed by atoms with Crippen LogP contribution < -0.4 is 0 Å². The van der Waals surface area contributed by atoms with Crippen LogP contribution >= 0.6 is 31.9 Å². The number of halogens is 2. The molecular formula is C16H16Br2. The lowest BCUT2D eigenvalue weighted by Gasteiger charge is -2.19. The summed E-state index contributed by atoms with van der Waals surface area (Å²) >= 11 is 7.43. The number of alkyl halides is 1. The summed E-state index contributed by atoms with van der Waals surface area (Å²) in [6.07, 6.45) is 1.06. The largest absolute Gasteiger partial charge is 0.0836 e. The van der Waals surface area contributed by atoms with Gasteiger partial charge in [0.1, 0.15) is 0 Å². The summed E-state index contributed by atoms with van der Waals surface area (Å²) in [6.45, 7) is 2.28. The van der Waals surface area contributed by atoms with Crippen LogP contribution in [0, 0.1) is 5.92 Å². The topological polar surface area (TPSA) is 0 Å². The van der Waals surface area contributed by atoms with E-state index in [0.29, 0.717) is 10.7 Å². The van der Waals surface area contributed by atoms with Crippen molar-refractivity contribution >= 4 is 31.9 Å². The number of benzene rings is 2. The number of rotatable bonds is 4. The third-order valence-corrected chi connectivity index (χ3v) is 5.32. The monoisotopic (exact) mass is 366 g/mol. The lowest BCUT2D eigenvalue weighted by atomic mass is 9.94. The smallest absolute Gasteiger partial charge is 0.0424 e. The first-order valence-electron chi connectivity index (χ1n) is 6.11. The van der Waals surface area contributed by atoms with E-state index in [4.69, 9.17) is 0 Å². The molecule has 0 saturated heterocycles. The van der Waals surface area contributed by atoms with Crippen LogP contribution in [0.25, 0.3) is 0 Å². The molecule has 0 N–H and O–H groups in total. The van der Waals surface area contributed by atoms with Crippen molar-refractivity contribution in [2.45, 2.75) is 18.2 Å². The molecule has 0 radical (unpaired) electrons. The molecule has 2 rings (SSSR count). The van der Waals surface area contributed by atoms with Crippen LogP contribution in [0.1, 0.15) is 22.9 Å². The Bertz CT molecular complexity index is 493. The fraction of sp³-hybridized carbons (Fsp3) is 0.250. The zero-order valence-electron chi connectivity index (χ0n) is 10.3. The zero-order chi connectivity index (χ0) is 13.0. The summed E-state index contributed by atoms with van der Waals surface area (Å²) in [5.74, 6) is 0.547. The Kier molecular flexibility index (Phi) is 5.02. The lowest BCUT2D eigenvalue weighted by Crippen LogP contribution is -2.07. The molecule has 0 amide bonds. The first kappa shape index (κ1) is 13.8. The van der Waals surface area contributed by atoms with Gasteiger partial charge in [-0.25, -0.2) is 0 Å². The maximum absolute atomic E-state index is 3.82. The van der Waals surface area contributed by atoms with Crippen molar-refractivity contribution in [2.75, 3.05) is 0 Å². The van der Waals surface area contributed by atoms with Gasteiger partial charge in [-0.05, 0) is 29.5 Å². The Balaban J connectivity index is 2.09. The summed E-state index contributed by atoms with van der Waals surface area (Å²) in [4.78, 5) is 0.394. The van der Waals surface area contributed by atoms with E-state index in [1.54, 1.807) is 0 Å². The number of hydrogen-bond donors (Lipinski definition) is 0. The van der Waals surface area contributed by atoms with Gasteiger partial charge < -0.3 is 0 Å². The fourth-order valence-electron chi connectivity index (χ4n) is 2.08. The summed E-state index contributed by atoms with van der Waals surface area (Å²) in [6, 6.07) is 19.0. The van der Waals surface area contributed by atoms with Crippen molar-refractivity contribution in [3.05, 3.63) is 70.2 Å². The highest BCUT2D eigenvalue weighted by atomic mass is 79.9. The maximum atomic E-state index is 3.82. The van der Waals surface area contributed by atoms with Crippen molar-refractivity contribution in [1.82, 2.24) is 0 Å². The highest BCUT2D eigenvalue weighted by Gasteiger charge is 2.17. The van der Waals surface area contributed by atoms with E-state index in [0.717, 1.165) is 6.42 Å². The zero-order valence-corrected chi connectivity index (χ0v) is 13.5. The molecule has 0 spiro atoms. The predicted molar refractivity (Wildman–Crippen MR) is 85.1 cm³/mol.